The maximum absolute atomic E-state index is 12.6. The molecule has 0 aliphatic carbocycles. The van der Waals surface area contributed by atoms with Crippen molar-refractivity contribution in [3.05, 3.63) is 72.6 Å². The van der Waals surface area contributed by atoms with Gasteiger partial charge < -0.3 is 14.8 Å². The SMILES string of the molecule is CCOc1ccc(S(=O)(=O)Nc2ccc(NC(=O)c3cccnc3)c(OC)c2)cc1. The Kier molecular flexibility index (Phi) is 6.53. The number of pyridine rings is 1. The number of carbonyl (C=O) groups excluding carboxylic acids is 1. The van der Waals surface area contributed by atoms with Crippen molar-refractivity contribution in [3.63, 3.8) is 0 Å². The van der Waals surface area contributed by atoms with Gasteiger partial charge in [0.15, 0.2) is 0 Å². The largest absolute Gasteiger partial charge is 0.494 e. The standard InChI is InChI=1S/C21H21N3O5S/c1-3-29-17-7-9-18(10-8-17)30(26,27)24-16-6-11-19(20(13-16)28-2)23-21(25)15-5-4-12-22-14-15/h4-14,24H,3H2,1-2H3,(H,23,25). The summed E-state index contributed by atoms with van der Waals surface area (Å²) < 4.78 is 38.4. The van der Waals surface area contributed by atoms with Gasteiger partial charge in [0.2, 0.25) is 0 Å². The molecule has 1 amide bonds. The fourth-order valence-corrected chi connectivity index (χ4v) is 3.69. The summed E-state index contributed by atoms with van der Waals surface area (Å²) >= 11 is 0. The van der Waals surface area contributed by atoms with E-state index >= 15 is 0 Å². The third-order valence-electron chi connectivity index (χ3n) is 4.07. The molecule has 0 radical (unpaired) electrons. The molecular weight excluding hydrogens is 406 g/mol. The van der Waals surface area contributed by atoms with E-state index in [1.807, 2.05) is 6.92 Å². The van der Waals surface area contributed by atoms with Crippen molar-refractivity contribution in [2.75, 3.05) is 23.8 Å². The Morgan fingerprint density at radius 2 is 1.87 bits per heavy atom. The molecular formula is C21H21N3O5S. The molecule has 0 unspecified atom stereocenters. The quantitative estimate of drug-likeness (QED) is 0.569. The first-order valence-electron chi connectivity index (χ1n) is 9.08. The Hall–Kier alpha value is -3.59. The van der Waals surface area contributed by atoms with E-state index in [1.54, 1.807) is 36.5 Å². The number of hydrogen-bond donors (Lipinski definition) is 2. The molecule has 3 rings (SSSR count). The molecule has 0 saturated heterocycles. The molecule has 0 aliphatic heterocycles. The topological polar surface area (TPSA) is 107 Å². The summed E-state index contributed by atoms with van der Waals surface area (Å²) in [7, 11) is -2.38. The van der Waals surface area contributed by atoms with Crippen molar-refractivity contribution in [1.29, 1.82) is 0 Å². The average molecular weight is 427 g/mol. The van der Waals surface area contributed by atoms with E-state index in [4.69, 9.17) is 9.47 Å². The summed E-state index contributed by atoms with van der Waals surface area (Å²) in [6.45, 7) is 2.34. The van der Waals surface area contributed by atoms with Gasteiger partial charge in [-0.2, -0.15) is 0 Å². The molecule has 0 aliphatic rings. The second-order valence-electron chi connectivity index (χ2n) is 6.12. The Bertz CT molecular complexity index is 1120. The molecule has 0 fully saturated rings. The van der Waals surface area contributed by atoms with Gasteiger partial charge in [0, 0.05) is 18.5 Å². The van der Waals surface area contributed by atoms with Crippen LogP contribution in [0.2, 0.25) is 0 Å². The molecule has 0 spiro atoms. The number of sulfonamides is 1. The summed E-state index contributed by atoms with van der Waals surface area (Å²) in [5, 5.41) is 2.72. The van der Waals surface area contributed by atoms with Crippen LogP contribution in [0.3, 0.4) is 0 Å². The summed E-state index contributed by atoms with van der Waals surface area (Å²) in [5.41, 5.74) is 1.08. The minimum Gasteiger partial charge on any atom is -0.494 e. The number of rotatable bonds is 8. The van der Waals surface area contributed by atoms with Gasteiger partial charge in [0.1, 0.15) is 11.5 Å². The molecule has 8 nitrogen and oxygen atoms in total. The number of nitrogens with one attached hydrogen (secondary N) is 2. The van der Waals surface area contributed by atoms with Crippen molar-refractivity contribution in [2.45, 2.75) is 11.8 Å². The van der Waals surface area contributed by atoms with Crippen LogP contribution in [0, 0.1) is 0 Å². The number of anilines is 2. The Balaban J connectivity index is 1.77. The minimum atomic E-state index is -3.81. The molecule has 1 heterocycles. The van der Waals surface area contributed by atoms with Crippen molar-refractivity contribution < 1.29 is 22.7 Å². The lowest BCUT2D eigenvalue weighted by Gasteiger charge is -2.13. The van der Waals surface area contributed by atoms with E-state index in [2.05, 4.69) is 15.0 Å². The number of aromatic nitrogens is 1. The summed E-state index contributed by atoms with van der Waals surface area (Å²) in [4.78, 5) is 16.3. The monoisotopic (exact) mass is 427 g/mol. The summed E-state index contributed by atoms with van der Waals surface area (Å²) in [5.74, 6) is 0.537. The number of amides is 1. The Morgan fingerprint density at radius 3 is 2.50 bits per heavy atom. The van der Waals surface area contributed by atoms with Crippen molar-refractivity contribution in [3.8, 4) is 11.5 Å². The molecule has 156 valence electrons. The molecule has 1 aromatic heterocycles. The highest BCUT2D eigenvalue weighted by Gasteiger charge is 2.16. The molecule has 2 aromatic carbocycles. The van der Waals surface area contributed by atoms with E-state index in [0.717, 1.165) is 0 Å². The summed E-state index contributed by atoms with van der Waals surface area (Å²) in [6, 6.07) is 14.0. The van der Waals surface area contributed by atoms with Gasteiger partial charge in [0.05, 0.1) is 35.6 Å². The normalized spacial score (nSPS) is 10.9. The van der Waals surface area contributed by atoms with Crippen LogP contribution >= 0.6 is 0 Å². The first-order valence-corrected chi connectivity index (χ1v) is 10.6. The van der Waals surface area contributed by atoms with Crippen LogP contribution in [0.1, 0.15) is 17.3 Å². The molecule has 0 saturated carbocycles. The first-order chi connectivity index (χ1) is 14.4. The van der Waals surface area contributed by atoms with Gasteiger partial charge in [-0.1, -0.05) is 0 Å². The molecule has 3 aromatic rings. The molecule has 2 N–H and O–H groups in total. The average Bonchev–Trinajstić information content (AvgIpc) is 2.75. The van der Waals surface area contributed by atoms with Crippen LogP contribution in [0.5, 0.6) is 11.5 Å². The van der Waals surface area contributed by atoms with E-state index in [-0.39, 0.29) is 10.8 Å². The van der Waals surface area contributed by atoms with E-state index in [1.165, 1.54) is 37.6 Å². The molecule has 9 heteroatoms. The predicted molar refractivity (Wildman–Crippen MR) is 114 cm³/mol. The lowest BCUT2D eigenvalue weighted by atomic mass is 10.2. The van der Waals surface area contributed by atoms with Gasteiger partial charge in [-0.05, 0) is 55.5 Å². The lowest BCUT2D eigenvalue weighted by Crippen LogP contribution is -2.14. The zero-order valence-electron chi connectivity index (χ0n) is 16.5. The van der Waals surface area contributed by atoms with E-state index in [0.29, 0.717) is 35.0 Å². The maximum Gasteiger partial charge on any atom is 0.261 e. The summed E-state index contributed by atoms with van der Waals surface area (Å²) in [6.07, 6.45) is 3.02. The highest BCUT2D eigenvalue weighted by Crippen LogP contribution is 2.30. The Morgan fingerprint density at radius 1 is 1.10 bits per heavy atom. The third-order valence-corrected chi connectivity index (χ3v) is 5.47. The van der Waals surface area contributed by atoms with Crippen molar-refractivity contribution >= 4 is 27.3 Å². The van der Waals surface area contributed by atoms with Crippen LogP contribution in [0.4, 0.5) is 11.4 Å². The zero-order valence-corrected chi connectivity index (χ0v) is 17.3. The van der Waals surface area contributed by atoms with Gasteiger partial charge in [-0.15, -0.1) is 0 Å². The van der Waals surface area contributed by atoms with Crippen molar-refractivity contribution in [1.82, 2.24) is 4.98 Å². The first kappa shape index (κ1) is 21.1. The van der Waals surface area contributed by atoms with Gasteiger partial charge in [-0.25, -0.2) is 8.42 Å². The van der Waals surface area contributed by atoms with E-state index in [9.17, 15) is 13.2 Å². The molecule has 0 bridgehead atoms. The van der Waals surface area contributed by atoms with Crippen molar-refractivity contribution in [2.24, 2.45) is 0 Å². The second kappa shape index (κ2) is 9.27. The fraction of sp³-hybridized carbons (Fsp3) is 0.143. The van der Waals surface area contributed by atoms with Gasteiger partial charge >= 0.3 is 0 Å². The van der Waals surface area contributed by atoms with Crippen LogP contribution in [-0.4, -0.2) is 33.0 Å². The number of nitrogens with zero attached hydrogens (tertiary/aromatic N) is 1. The zero-order chi connectivity index (χ0) is 21.6. The molecule has 30 heavy (non-hydrogen) atoms. The van der Waals surface area contributed by atoms with E-state index < -0.39 is 10.0 Å². The molecule has 0 atom stereocenters. The number of ether oxygens (including phenoxy) is 2. The second-order valence-corrected chi connectivity index (χ2v) is 7.80. The third kappa shape index (κ3) is 5.06. The van der Waals surface area contributed by atoms with Gasteiger partial charge in [0.25, 0.3) is 15.9 Å². The lowest BCUT2D eigenvalue weighted by molar-refractivity contribution is 0.102. The smallest absolute Gasteiger partial charge is 0.261 e. The highest BCUT2D eigenvalue weighted by atomic mass is 32.2. The number of benzene rings is 2. The van der Waals surface area contributed by atoms with Crippen LogP contribution in [0.15, 0.2) is 71.9 Å². The maximum atomic E-state index is 12.6. The minimum absolute atomic E-state index is 0.0962. The van der Waals surface area contributed by atoms with Gasteiger partial charge in [-0.3, -0.25) is 14.5 Å². The number of hydrogen-bond acceptors (Lipinski definition) is 6. The number of carbonyl (C=O) groups is 1. The highest BCUT2D eigenvalue weighted by molar-refractivity contribution is 7.92. The number of methoxy groups -OCH3 is 1. The predicted octanol–water partition coefficient (Wildman–Crippen LogP) is 3.54. The fourth-order valence-electron chi connectivity index (χ4n) is 2.65. The Labute approximate surface area is 174 Å². The van der Waals surface area contributed by atoms with Crippen LogP contribution in [0.25, 0.3) is 0 Å². The van der Waals surface area contributed by atoms with Crippen LogP contribution < -0.4 is 19.5 Å². The van der Waals surface area contributed by atoms with Crippen LogP contribution in [-0.2, 0) is 10.0 Å².